The molecule has 2 aromatic carbocycles. The van der Waals surface area contributed by atoms with Crippen LogP contribution >= 0.6 is 0 Å². The van der Waals surface area contributed by atoms with Crippen molar-refractivity contribution in [3.05, 3.63) is 90.1 Å². The Labute approximate surface area is 124 Å². The maximum absolute atomic E-state index is 10.4. The van der Waals surface area contributed by atoms with Crippen LogP contribution in [0.1, 0.15) is 17.4 Å². The summed E-state index contributed by atoms with van der Waals surface area (Å²) in [5.41, 5.74) is 3.77. The van der Waals surface area contributed by atoms with E-state index in [0.29, 0.717) is 12.1 Å². The zero-order valence-electron chi connectivity index (χ0n) is 11.7. The van der Waals surface area contributed by atoms with Crippen LogP contribution in [0.5, 0.6) is 0 Å². The summed E-state index contributed by atoms with van der Waals surface area (Å²) in [7, 11) is 0. The van der Waals surface area contributed by atoms with Crippen molar-refractivity contribution in [3.63, 3.8) is 0 Å². The largest absolute Gasteiger partial charge is 0.386 e. The molecule has 0 bridgehead atoms. The fourth-order valence-electron chi connectivity index (χ4n) is 2.35. The number of rotatable bonds is 4. The summed E-state index contributed by atoms with van der Waals surface area (Å²) in [6, 6.07) is 25.8. The molecule has 0 amide bonds. The Morgan fingerprint density at radius 1 is 0.762 bits per heavy atom. The van der Waals surface area contributed by atoms with Crippen molar-refractivity contribution in [2.75, 3.05) is 0 Å². The molecule has 0 saturated heterocycles. The molecule has 2 heteroatoms. The first-order valence-electron chi connectivity index (χ1n) is 7.07. The van der Waals surface area contributed by atoms with E-state index in [2.05, 4.69) is 4.98 Å². The van der Waals surface area contributed by atoms with E-state index in [-0.39, 0.29) is 0 Å². The molecule has 1 atom stereocenters. The van der Waals surface area contributed by atoms with E-state index in [9.17, 15) is 5.11 Å². The molecule has 0 aliphatic heterocycles. The lowest BCUT2D eigenvalue weighted by Crippen LogP contribution is -2.04. The van der Waals surface area contributed by atoms with E-state index in [0.717, 1.165) is 16.8 Å². The zero-order chi connectivity index (χ0) is 14.5. The van der Waals surface area contributed by atoms with Gasteiger partial charge in [-0.3, -0.25) is 4.98 Å². The molecule has 0 saturated carbocycles. The van der Waals surface area contributed by atoms with E-state index in [1.165, 1.54) is 0 Å². The quantitative estimate of drug-likeness (QED) is 0.780. The van der Waals surface area contributed by atoms with E-state index >= 15 is 0 Å². The van der Waals surface area contributed by atoms with Gasteiger partial charge in [0.1, 0.15) is 0 Å². The second-order valence-corrected chi connectivity index (χ2v) is 5.02. The lowest BCUT2D eigenvalue weighted by atomic mass is 10.0. The smallest absolute Gasteiger partial charge is 0.1000 e. The van der Waals surface area contributed by atoms with Crippen LogP contribution in [-0.4, -0.2) is 10.1 Å². The van der Waals surface area contributed by atoms with Gasteiger partial charge in [-0.25, -0.2) is 0 Å². The van der Waals surface area contributed by atoms with E-state index in [4.69, 9.17) is 0 Å². The molecule has 3 aromatic rings. The Morgan fingerprint density at radius 2 is 1.43 bits per heavy atom. The van der Waals surface area contributed by atoms with Gasteiger partial charge >= 0.3 is 0 Å². The van der Waals surface area contributed by atoms with Gasteiger partial charge in [0.2, 0.25) is 0 Å². The molecule has 0 aliphatic carbocycles. The molecule has 1 aromatic heterocycles. The number of nitrogens with zero attached hydrogens (tertiary/aromatic N) is 1. The normalized spacial score (nSPS) is 12.0. The van der Waals surface area contributed by atoms with E-state index in [1.807, 2.05) is 78.9 Å². The van der Waals surface area contributed by atoms with Gasteiger partial charge in [-0.2, -0.15) is 0 Å². The van der Waals surface area contributed by atoms with Crippen LogP contribution in [0.4, 0.5) is 0 Å². The maximum atomic E-state index is 10.4. The topological polar surface area (TPSA) is 33.1 Å². The van der Waals surface area contributed by atoms with Crippen molar-refractivity contribution in [2.45, 2.75) is 12.5 Å². The lowest BCUT2D eigenvalue weighted by molar-refractivity contribution is 0.174. The molecule has 0 fully saturated rings. The van der Waals surface area contributed by atoms with Gasteiger partial charge in [0.25, 0.3) is 0 Å². The fourth-order valence-corrected chi connectivity index (χ4v) is 2.35. The van der Waals surface area contributed by atoms with E-state index in [1.54, 1.807) is 0 Å². The first-order valence-corrected chi connectivity index (χ1v) is 7.07. The Balaban J connectivity index is 1.83. The van der Waals surface area contributed by atoms with Crippen molar-refractivity contribution in [1.82, 2.24) is 4.98 Å². The van der Waals surface area contributed by atoms with Gasteiger partial charge in [0.05, 0.1) is 17.5 Å². The molecular formula is C19H17NO. The minimum absolute atomic E-state index is 0.575. The van der Waals surface area contributed by atoms with Gasteiger partial charge in [0.15, 0.2) is 0 Å². The van der Waals surface area contributed by atoms with Gasteiger partial charge < -0.3 is 5.11 Å². The molecule has 2 nitrogen and oxygen atoms in total. The fraction of sp³-hybridized carbons (Fsp3) is 0.105. The molecule has 0 radical (unpaired) electrons. The van der Waals surface area contributed by atoms with Crippen molar-refractivity contribution in [3.8, 4) is 11.3 Å². The molecule has 0 aliphatic rings. The lowest BCUT2D eigenvalue weighted by Gasteiger charge is -2.11. The minimum atomic E-state index is -0.587. The van der Waals surface area contributed by atoms with Crippen molar-refractivity contribution in [2.24, 2.45) is 0 Å². The first-order chi connectivity index (χ1) is 10.3. The number of aromatic nitrogens is 1. The first kappa shape index (κ1) is 13.5. The SMILES string of the molecule is OC(Cc1ccccc1)c1cccc(-c2ccccc2)n1. The highest BCUT2D eigenvalue weighted by Gasteiger charge is 2.11. The van der Waals surface area contributed by atoms with E-state index < -0.39 is 6.10 Å². The number of hydrogen-bond acceptors (Lipinski definition) is 2. The summed E-state index contributed by atoms with van der Waals surface area (Å²) in [6.07, 6.45) is -0.0115. The van der Waals surface area contributed by atoms with Crippen LogP contribution in [0, 0.1) is 0 Å². The number of aliphatic hydroxyl groups excluding tert-OH is 1. The highest BCUT2D eigenvalue weighted by atomic mass is 16.3. The molecule has 104 valence electrons. The Hall–Kier alpha value is -2.45. The van der Waals surface area contributed by atoms with Crippen LogP contribution in [0.2, 0.25) is 0 Å². The maximum Gasteiger partial charge on any atom is 0.1000 e. The van der Waals surface area contributed by atoms with Crippen LogP contribution < -0.4 is 0 Å². The molecule has 1 unspecified atom stereocenters. The van der Waals surface area contributed by atoms with Gasteiger partial charge in [-0.1, -0.05) is 66.7 Å². The third kappa shape index (κ3) is 3.36. The summed E-state index contributed by atoms with van der Waals surface area (Å²) in [6.45, 7) is 0. The van der Waals surface area contributed by atoms with Crippen LogP contribution in [0.15, 0.2) is 78.9 Å². The highest BCUT2D eigenvalue weighted by Crippen LogP contribution is 2.21. The summed E-state index contributed by atoms with van der Waals surface area (Å²) in [5, 5.41) is 10.4. The molecule has 1 heterocycles. The van der Waals surface area contributed by atoms with Gasteiger partial charge in [-0.15, -0.1) is 0 Å². The summed E-state index contributed by atoms with van der Waals surface area (Å²) in [5.74, 6) is 0. The molecule has 21 heavy (non-hydrogen) atoms. The standard InChI is InChI=1S/C19H17NO/c21-19(14-15-8-3-1-4-9-15)18-13-7-12-17(20-18)16-10-5-2-6-11-16/h1-13,19,21H,14H2. The monoisotopic (exact) mass is 275 g/mol. The Bertz CT molecular complexity index is 695. The predicted octanol–water partition coefficient (Wildman–Crippen LogP) is 4.02. The Morgan fingerprint density at radius 3 is 2.14 bits per heavy atom. The van der Waals surface area contributed by atoms with Crippen LogP contribution in [-0.2, 0) is 6.42 Å². The molecule has 0 spiro atoms. The average Bonchev–Trinajstić information content (AvgIpc) is 2.57. The number of hydrogen-bond donors (Lipinski definition) is 1. The predicted molar refractivity (Wildman–Crippen MR) is 84.8 cm³/mol. The van der Waals surface area contributed by atoms with Crippen molar-refractivity contribution < 1.29 is 5.11 Å². The minimum Gasteiger partial charge on any atom is -0.386 e. The number of pyridine rings is 1. The van der Waals surface area contributed by atoms with Crippen LogP contribution in [0.25, 0.3) is 11.3 Å². The zero-order valence-corrected chi connectivity index (χ0v) is 11.7. The third-order valence-electron chi connectivity index (χ3n) is 3.45. The van der Waals surface area contributed by atoms with Crippen molar-refractivity contribution in [1.29, 1.82) is 0 Å². The second kappa shape index (κ2) is 6.33. The molecule has 3 rings (SSSR count). The van der Waals surface area contributed by atoms with Gasteiger partial charge in [-0.05, 0) is 17.7 Å². The Kier molecular flexibility index (Phi) is 4.08. The third-order valence-corrected chi connectivity index (χ3v) is 3.45. The van der Waals surface area contributed by atoms with Crippen molar-refractivity contribution >= 4 is 0 Å². The molecular weight excluding hydrogens is 258 g/mol. The second-order valence-electron chi connectivity index (χ2n) is 5.02. The summed E-state index contributed by atoms with van der Waals surface area (Å²) >= 11 is 0. The average molecular weight is 275 g/mol. The summed E-state index contributed by atoms with van der Waals surface area (Å²) in [4.78, 5) is 4.59. The summed E-state index contributed by atoms with van der Waals surface area (Å²) < 4.78 is 0. The number of benzene rings is 2. The number of aliphatic hydroxyl groups is 1. The highest BCUT2D eigenvalue weighted by molar-refractivity contribution is 5.58. The van der Waals surface area contributed by atoms with Crippen LogP contribution in [0.3, 0.4) is 0 Å². The molecule has 1 N–H and O–H groups in total. The van der Waals surface area contributed by atoms with Gasteiger partial charge in [0, 0.05) is 12.0 Å².